The number of anilines is 1. The first-order valence-corrected chi connectivity index (χ1v) is 7.70. The average molecular weight is 352 g/mol. The van der Waals surface area contributed by atoms with Crippen molar-refractivity contribution in [2.75, 3.05) is 31.5 Å². The highest BCUT2D eigenvalue weighted by Gasteiger charge is 2.12. The van der Waals surface area contributed by atoms with Crippen molar-refractivity contribution in [3.8, 4) is 0 Å². The number of carbonyl (C=O) groups is 1. The molecule has 0 saturated heterocycles. The van der Waals surface area contributed by atoms with Crippen molar-refractivity contribution in [3.63, 3.8) is 0 Å². The van der Waals surface area contributed by atoms with E-state index in [1.807, 2.05) is 23.1 Å². The summed E-state index contributed by atoms with van der Waals surface area (Å²) >= 11 is 0. The summed E-state index contributed by atoms with van der Waals surface area (Å²) in [5, 5.41) is 2.60. The van der Waals surface area contributed by atoms with Crippen LogP contribution in [0.15, 0.2) is 54.6 Å². The molecule has 0 aliphatic heterocycles. The van der Waals surface area contributed by atoms with Crippen molar-refractivity contribution < 1.29 is 9.18 Å². The lowest BCUT2D eigenvalue weighted by atomic mass is 10.1. The zero-order chi connectivity index (χ0) is 16.5. The number of nitrogens with two attached hydrogens (primary N) is 1. The molecule has 2 aromatic carbocycles. The largest absolute Gasteiger partial charge is 0.329 e. The number of carbonyl (C=O) groups excluding carboxylic acids is 1. The topological polar surface area (TPSA) is 58.4 Å². The summed E-state index contributed by atoms with van der Waals surface area (Å²) < 4.78 is 13.6. The number of hydrogen-bond donors (Lipinski definition) is 2. The molecule has 3 N–H and O–H groups in total. The van der Waals surface area contributed by atoms with Crippen molar-refractivity contribution in [2.45, 2.75) is 6.42 Å². The van der Waals surface area contributed by atoms with Crippen LogP contribution in [0.25, 0.3) is 0 Å². The molecule has 4 nitrogen and oxygen atoms in total. The van der Waals surface area contributed by atoms with Gasteiger partial charge in [0, 0.05) is 19.6 Å². The lowest BCUT2D eigenvalue weighted by molar-refractivity contribution is -0.117. The Morgan fingerprint density at radius 1 is 1.04 bits per heavy atom. The molecule has 0 aliphatic rings. The van der Waals surface area contributed by atoms with Gasteiger partial charge in [-0.05, 0) is 24.1 Å². The molecule has 0 unspecified atom stereocenters. The van der Waals surface area contributed by atoms with Gasteiger partial charge >= 0.3 is 0 Å². The summed E-state index contributed by atoms with van der Waals surface area (Å²) in [5.41, 5.74) is 7.03. The molecular weight excluding hydrogens is 329 g/mol. The summed E-state index contributed by atoms with van der Waals surface area (Å²) in [6.07, 6.45) is 0.841. The Kier molecular flexibility index (Phi) is 9.01. The smallest absolute Gasteiger partial charge is 0.238 e. The second-order valence-electron chi connectivity index (χ2n) is 5.33. The molecule has 24 heavy (non-hydrogen) atoms. The third kappa shape index (κ3) is 6.66. The molecule has 0 atom stereocenters. The van der Waals surface area contributed by atoms with Crippen LogP contribution in [0.1, 0.15) is 5.56 Å². The molecule has 1 amide bonds. The van der Waals surface area contributed by atoms with E-state index in [1.54, 1.807) is 18.2 Å². The van der Waals surface area contributed by atoms with E-state index < -0.39 is 5.82 Å². The molecule has 2 aromatic rings. The summed E-state index contributed by atoms with van der Waals surface area (Å²) in [7, 11) is 0. The van der Waals surface area contributed by atoms with Crippen LogP contribution in [0.4, 0.5) is 10.1 Å². The van der Waals surface area contributed by atoms with Gasteiger partial charge in [-0.3, -0.25) is 9.69 Å². The van der Waals surface area contributed by atoms with Crippen LogP contribution >= 0.6 is 12.4 Å². The van der Waals surface area contributed by atoms with Gasteiger partial charge in [0.25, 0.3) is 0 Å². The van der Waals surface area contributed by atoms with Gasteiger partial charge in [-0.25, -0.2) is 4.39 Å². The van der Waals surface area contributed by atoms with Crippen LogP contribution < -0.4 is 11.1 Å². The van der Waals surface area contributed by atoms with E-state index in [2.05, 4.69) is 17.4 Å². The highest BCUT2D eigenvalue weighted by atomic mass is 35.5. The van der Waals surface area contributed by atoms with Crippen molar-refractivity contribution >= 4 is 24.0 Å². The van der Waals surface area contributed by atoms with E-state index in [-0.39, 0.29) is 30.5 Å². The van der Waals surface area contributed by atoms with Gasteiger partial charge < -0.3 is 11.1 Å². The molecule has 0 bridgehead atoms. The van der Waals surface area contributed by atoms with Gasteiger partial charge in [-0.15, -0.1) is 12.4 Å². The molecule has 0 aromatic heterocycles. The van der Waals surface area contributed by atoms with E-state index in [4.69, 9.17) is 5.73 Å². The first kappa shape index (κ1) is 20.1. The molecule has 0 fully saturated rings. The van der Waals surface area contributed by atoms with Crippen LogP contribution in [0.2, 0.25) is 0 Å². The number of nitrogens with one attached hydrogen (secondary N) is 1. The van der Waals surface area contributed by atoms with E-state index in [0.29, 0.717) is 13.1 Å². The Labute approximate surface area is 148 Å². The summed E-state index contributed by atoms with van der Waals surface area (Å²) in [4.78, 5) is 14.1. The molecule has 6 heteroatoms. The van der Waals surface area contributed by atoms with Crippen LogP contribution in [-0.2, 0) is 11.2 Å². The van der Waals surface area contributed by atoms with Crippen LogP contribution in [-0.4, -0.2) is 37.0 Å². The Balaban J connectivity index is 0.00000288. The fourth-order valence-corrected chi connectivity index (χ4v) is 2.34. The SMILES string of the molecule is Cl.NCCN(CCc1ccccc1)CC(=O)Nc1ccccc1F. The monoisotopic (exact) mass is 351 g/mol. The van der Waals surface area contributed by atoms with Gasteiger partial charge in [0.15, 0.2) is 0 Å². The number of para-hydroxylation sites is 1. The van der Waals surface area contributed by atoms with Gasteiger partial charge in [-0.1, -0.05) is 42.5 Å². The Morgan fingerprint density at radius 2 is 1.71 bits per heavy atom. The summed E-state index contributed by atoms with van der Waals surface area (Å²) in [6, 6.07) is 16.2. The van der Waals surface area contributed by atoms with E-state index in [9.17, 15) is 9.18 Å². The van der Waals surface area contributed by atoms with Crippen LogP contribution in [0.5, 0.6) is 0 Å². The third-order valence-corrected chi connectivity index (χ3v) is 3.52. The minimum Gasteiger partial charge on any atom is -0.329 e. The van der Waals surface area contributed by atoms with Gasteiger partial charge in [0.1, 0.15) is 5.82 Å². The molecule has 0 aliphatic carbocycles. The van der Waals surface area contributed by atoms with Crippen molar-refractivity contribution in [1.29, 1.82) is 0 Å². The first-order valence-electron chi connectivity index (χ1n) is 7.70. The maximum absolute atomic E-state index is 13.6. The van der Waals surface area contributed by atoms with E-state index in [1.165, 1.54) is 11.6 Å². The van der Waals surface area contributed by atoms with E-state index >= 15 is 0 Å². The zero-order valence-electron chi connectivity index (χ0n) is 13.5. The lowest BCUT2D eigenvalue weighted by Gasteiger charge is -2.21. The second kappa shape index (κ2) is 10.8. The second-order valence-corrected chi connectivity index (χ2v) is 5.33. The minimum atomic E-state index is -0.435. The number of hydrogen-bond acceptors (Lipinski definition) is 3. The molecular formula is C18H23ClFN3O. The highest BCUT2D eigenvalue weighted by molar-refractivity contribution is 5.92. The minimum absolute atomic E-state index is 0. The molecule has 130 valence electrons. The predicted molar refractivity (Wildman–Crippen MR) is 97.9 cm³/mol. The van der Waals surface area contributed by atoms with Crippen LogP contribution in [0.3, 0.4) is 0 Å². The van der Waals surface area contributed by atoms with Crippen molar-refractivity contribution in [3.05, 3.63) is 66.0 Å². The fourth-order valence-electron chi connectivity index (χ4n) is 2.34. The number of nitrogens with zero attached hydrogens (tertiary/aromatic N) is 1. The maximum atomic E-state index is 13.6. The Hall–Kier alpha value is -1.95. The quantitative estimate of drug-likeness (QED) is 0.768. The van der Waals surface area contributed by atoms with Crippen molar-refractivity contribution in [2.24, 2.45) is 5.73 Å². The summed E-state index contributed by atoms with van der Waals surface area (Å²) in [5.74, 6) is -0.674. The maximum Gasteiger partial charge on any atom is 0.238 e. The fraction of sp³-hybridized carbons (Fsp3) is 0.278. The highest BCUT2D eigenvalue weighted by Crippen LogP contribution is 2.12. The average Bonchev–Trinajstić information content (AvgIpc) is 2.56. The first-order chi connectivity index (χ1) is 11.2. The molecule has 0 saturated carbocycles. The molecule has 2 rings (SSSR count). The van der Waals surface area contributed by atoms with Crippen LogP contribution in [0, 0.1) is 5.82 Å². The zero-order valence-corrected chi connectivity index (χ0v) is 14.3. The molecule has 0 spiro atoms. The molecule has 0 heterocycles. The Morgan fingerprint density at radius 3 is 2.38 bits per heavy atom. The van der Waals surface area contributed by atoms with E-state index in [0.717, 1.165) is 13.0 Å². The normalized spacial score (nSPS) is 10.3. The van der Waals surface area contributed by atoms with Gasteiger partial charge in [0.2, 0.25) is 5.91 Å². The van der Waals surface area contributed by atoms with Crippen molar-refractivity contribution in [1.82, 2.24) is 4.90 Å². The number of benzene rings is 2. The lowest BCUT2D eigenvalue weighted by Crippen LogP contribution is -2.38. The predicted octanol–water partition coefficient (Wildman–Crippen LogP) is 2.69. The number of amides is 1. The van der Waals surface area contributed by atoms with Gasteiger partial charge in [-0.2, -0.15) is 0 Å². The third-order valence-electron chi connectivity index (χ3n) is 3.52. The Bertz CT molecular complexity index is 625. The standard InChI is InChI=1S/C18H22FN3O.ClH/c19-16-8-4-5-9-17(16)21-18(23)14-22(13-11-20)12-10-15-6-2-1-3-7-15;/h1-9H,10-14,20H2,(H,21,23);1H. The summed E-state index contributed by atoms with van der Waals surface area (Å²) in [6.45, 7) is 2.02. The number of halogens is 2. The molecule has 0 radical (unpaired) electrons. The number of rotatable bonds is 8. The van der Waals surface area contributed by atoms with Gasteiger partial charge in [0.05, 0.1) is 12.2 Å².